The van der Waals surface area contributed by atoms with Crippen molar-refractivity contribution >= 4 is 22.6 Å². The first-order valence-corrected chi connectivity index (χ1v) is 7.32. The zero-order valence-electron chi connectivity index (χ0n) is 12.6. The van der Waals surface area contributed by atoms with Crippen molar-refractivity contribution in [2.75, 3.05) is 0 Å². The van der Waals surface area contributed by atoms with E-state index in [0.29, 0.717) is 5.15 Å². The van der Waals surface area contributed by atoms with Gasteiger partial charge in [0.15, 0.2) is 0 Å². The molecule has 0 unspecified atom stereocenters. The van der Waals surface area contributed by atoms with Crippen molar-refractivity contribution in [1.29, 1.82) is 0 Å². The molecule has 0 aliphatic heterocycles. The molecule has 5 heteroatoms. The highest BCUT2D eigenvalue weighted by atomic mass is 35.5. The normalized spacial score (nSPS) is 11.5. The summed E-state index contributed by atoms with van der Waals surface area (Å²) >= 11 is 6.13. The Morgan fingerprint density at radius 3 is 2.48 bits per heavy atom. The molecule has 1 aromatic carbocycles. The predicted molar refractivity (Wildman–Crippen MR) is 85.2 cm³/mol. The van der Waals surface area contributed by atoms with Gasteiger partial charge < -0.3 is 0 Å². The Kier molecular flexibility index (Phi) is 3.41. The van der Waals surface area contributed by atoms with Gasteiger partial charge in [-0.15, -0.1) is 0 Å². The van der Waals surface area contributed by atoms with Crippen LogP contribution >= 0.6 is 11.6 Å². The highest BCUT2D eigenvalue weighted by Gasteiger charge is 2.12. The monoisotopic (exact) mass is 300 g/mol. The first-order chi connectivity index (χ1) is 9.95. The van der Waals surface area contributed by atoms with Crippen molar-refractivity contribution in [3.05, 3.63) is 46.6 Å². The molecule has 2 heterocycles. The topological polar surface area (TPSA) is 43.6 Å². The molecule has 21 heavy (non-hydrogen) atoms. The summed E-state index contributed by atoms with van der Waals surface area (Å²) in [6.45, 7) is 8.29. The van der Waals surface area contributed by atoms with Crippen molar-refractivity contribution in [2.24, 2.45) is 0 Å². The molecule has 0 spiro atoms. The average Bonchev–Trinajstić information content (AvgIpc) is 2.81. The smallest absolute Gasteiger partial charge is 0.143 e. The van der Waals surface area contributed by atoms with Crippen LogP contribution in [0.5, 0.6) is 0 Å². The van der Waals surface area contributed by atoms with Crippen LogP contribution in [0.25, 0.3) is 16.9 Å². The van der Waals surface area contributed by atoms with E-state index >= 15 is 0 Å². The van der Waals surface area contributed by atoms with Crippen LogP contribution in [0.3, 0.4) is 0 Å². The molecule has 0 aliphatic rings. The minimum Gasteiger partial charge on any atom is -0.283 e. The number of benzene rings is 1. The quantitative estimate of drug-likeness (QED) is 0.666. The summed E-state index contributed by atoms with van der Waals surface area (Å²) in [5.41, 5.74) is 4.45. The third-order valence-electron chi connectivity index (χ3n) is 3.62. The van der Waals surface area contributed by atoms with Crippen LogP contribution in [0.15, 0.2) is 24.5 Å². The van der Waals surface area contributed by atoms with Crippen LogP contribution in [0, 0.1) is 13.8 Å². The molecular formula is C16H17ClN4. The molecule has 0 fully saturated rings. The fourth-order valence-corrected chi connectivity index (χ4v) is 2.44. The highest BCUT2D eigenvalue weighted by Crippen LogP contribution is 2.23. The van der Waals surface area contributed by atoms with E-state index in [9.17, 15) is 0 Å². The number of aromatic nitrogens is 4. The van der Waals surface area contributed by atoms with Crippen LogP contribution < -0.4 is 0 Å². The Labute approximate surface area is 128 Å². The second kappa shape index (κ2) is 5.11. The predicted octanol–water partition coefficient (Wildman–Crippen LogP) is 4.21. The van der Waals surface area contributed by atoms with Gasteiger partial charge in [-0.1, -0.05) is 25.4 Å². The lowest BCUT2D eigenvalue weighted by Gasteiger charge is -2.09. The number of aryl methyl sites for hydroxylation is 2. The summed E-state index contributed by atoms with van der Waals surface area (Å²) in [4.78, 5) is 13.3. The zero-order valence-corrected chi connectivity index (χ0v) is 13.3. The highest BCUT2D eigenvalue weighted by molar-refractivity contribution is 6.29. The summed E-state index contributed by atoms with van der Waals surface area (Å²) in [5, 5.41) is 0.453. The number of fused-ring (bicyclic) bond motifs is 1. The van der Waals surface area contributed by atoms with Gasteiger partial charge in [-0.2, -0.15) is 0 Å². The van der Waals surface area contributed by atoms with Crippen LogP contribution in [0.1, 0.15) is 36.7 Å². The number of halogens is 1. The number of hydrogen-bond donors (Lipinski definition) is 0. The van der Waals surface area contributed by atoms with Gasteiger partial charge in [0.2, 0.25) is 0 Å². The molecule has 0 aliphatic carbocycles. The Morgan fingerprint density at radius 2 is 1.76 bits per heavy atom. The van der Waals surface area contributed by atoms with E-state index in [1.54, 1.807) is 12.4 Å². The largest absolute Gasteiger partial charge is 0.283 e. The van der Waals surface area contributed by atoms with Gasteiger partial charge in [0, 0.05) is 12.0 Å². The Hall–Kier alpha value is -1.94. The van der Waals surface area contributed by atoms with Gasteiger partial charge >= 0.3 is 0 Å². The lowest BCUT2D eigenvalue weighted by Crippen LogP contribution is -2.04. The van der Waals surface area contributed by atoms with Crippen molar-refractivity contribution in [3.8, 4) is 5.82 Å². The zero-order chi connectivity index (χ0) is 15.1. The maximum absolute atomic E-state index is 6.13. The second-order valence-corrected chi connectivity index (χ2v) is 5.99. The number of imidazole rings is 1. The maximum Gasteiger partial charge on any atom is 0.143 e. The Balaban J connectivity index is 2.23. The van der Waals surface area contributed by atoms with Crippen LogP contribution in [0.2, 0.25) is 5.15 Å². The molecule has 2 aromatic heterocycles. The minimum absolute atomic E-state index is 0.223. The van der Waals surface area contributed by atoms with Crippen LogP contribution in [0.4, 0.5) is 0 Å². The molecule has 108 valence electrons. The van der Waals surface area contributed by atoms with Gasteiger partial charge in [-0.3, -0.25) is 4.57 Å². The Bertz CT molecular complexity index is 821. The van der Waals surface area contributed by atoms with Gasteiger partial charge in [0.05, 0.1) is 11.0 Å². The van der Waals surface area contributed by atoms with E-state index in [1.165, 1.54) is 11.1 Å². The first kappa shape index (κ1) is 14.0. The van der Waals surface area contributed by atoms with E-state index < -0.39 is 0 Å². The third kappa shape index (κ3) is 2.51. The summed E-state index contributed by atoms with van der Waals surface area (Å²) in [6, 6.07) is 5.99. The lowest BCUT2D eigenvalue weighted by molar-refractivity contribution is 0.764. The molecule has 0 saturated carbocycles. The van der Waals surface area contributed by atoms with E-state index in [0.717, 1.165) is 22.7 Å². The molecular weight excluding hydrogens is 284 g/mol. The molecule has 0 atom stereocenters. The lowest BCUT2D eigenvalue weighted by atomic mass is 10.1. The van der Waals surface area contributed by atoms with E-state index in [-0.39, 0.29) is 5.92 Å². The summed E-state index contributed by atoms with van der Waals surface area (Å²) in [5.74, 6) is 1.72. The van der Waals surface area contributed by atoms with Crippen molar-refractivity contribution in [3.63, 3.8) is 0 Å². The molecule has 0 N–H and O–H groups in total. The standard InChI is InChI=1S/C16H17ClN4/c1-9(2)16-19-14(17)7-15(20-16)21-8-18-12-5-10(3)11(4)6-13(12)21/h5-9H,1-4H3. The maximum atomic E-state index is 6.13. The van der Waals surface area contributed by atoms with Gasteiger partial charge in [-0.05, 0) is 37.1 Å². The van der Waals surface area contributed by atoms with Crippen LogP contribution in [-0.2, 0) is 0 Å². The van der Waals surface area contributed by atoms with E-state index in [2.05, 4.69) is 54.8 Å². The van der Waals surface area contributed by atoms with Gasteiger partial charge in [-0.25, -0.2) is 15.0 Å². The first-order valence-electron chi connectivity index (χ1n) is 6.95. The second-order valence-electron chi connectivity index (χ2n) is 5.60. The summed E-state index contributed by atoms with van der Waals surface area (Å²) < 4.78 is 1.96. The molecule has 0 saturated heterocycles. The van der Waals surface area contributed by atoms with E-state index in [1.807, 2.05) is 4.57 Å². The fourth-order valence-electron chi connectivity index (χ4n) is 2.25. The molecule has 0 amide bonds. The van der Waals surface area contributed by atoms with Crippen molar-refractivity contribution in [1.82, 2.24) is 19.5 Å². The molecule has 0 radical (unpaired) electrons. The number of rotatable bonds is 2. The van der Waals surface area contributed by atoms with Gasteiger partial charge in [0.25, 0.3) is 0 Å². The van der Waals surface area contributed by atoms with Crippen molar-refractivity contribution < 1.29 is 0 Å². The minimum atomic E-state index is 0.223. The van der Waals surface area contributed by atoms with Crippen molar-refractivity contribution in [2.45, 2.75) is 33.6 Å². The Morgan fingerprint density at radius 1 is 1.05 bits per heavy atom. The number of hydrogen-bond acceptors (Lipinski definition) is 3. The van der Waals surface area contributed by atoms with E-state index in [4.69, 9.17) is 11.6 Å². The molecule has 3 rings (SSSR count). The SMILES string of the molecule is Cc1cc2ncn(-c3cc(Cl)nc(C(C)C)n3)c2cc1C. The summed E-state index contributed by atoms with van der Waals surface area (Å²) in [7, 11) is 0. The van der Waals surface area contributed by atoms with Gasteiger partial charge in [0.1, 0.15) is 23.1 Å². The molecule has 0 bridgehead atoms. The fraction of sp³-hybridized carbons (Fsp3) is 0.312. The number of nitrogens with zero attached hydrogens (tertiary/aromatic N) is 4. The average molecular weight is 301 g/mol. The summed E-state index contributed by atoms with van der Waals surface area (Å²) in [6.07, 6.45) is 1.78. The van der Waals surface area contributed by atoms with Crippen LogP contribution in [-0.4, -0.2) is 19.5 Å². The molecule has 4 nitrogen and oxygen atoms in total. The molecule has 3 aromatic rings. The third-order valence-corrected chi connectivity index (χ3v) is 3.82.